The highest BCUT2D eigenvalue weighted by atomic mass is 35.5. The number of aliphatic hydroxyl groups excluding tert-OH is 1. The maximum Gasteiger partial charge on any atom is 0.411 e. The van der Waals surface area contributed by atoms with Crippen molar-refractivity contribution >= 4 is 23.7 Å². The molecule has 2 heterocycles. The largest absolute Gasteiger partial charge is 0.481 e. The zero-order valence-electron chi connectivity index (χ0n) is 27.1. The van der Waals surface area contributed by atoms with Gasteiger partial charge in [0.15, 0.2) is 5.60 Å². The Morgan fingerprint density at radius 1 is 1.19 bits per heavy atom. The smallest absolute Gasteiger partial charge is 0.411 e. The molecule has 0 spiro atoms. The number of carboxylic acids is 1. The maximum atomic E-state index is 13.2. The number of cyclic esters (lactones) is 1. The van der Waals surface area contributed by atoms with E-state index in [-0.39, 0.29) is 36.1 Å². The zero-order chi connectivity index (χ0) is 31.6. The Kier molecular flexibility index (Phi) is 14.1. The molecule has 1 amide bonds. The first-order chi connectivity index (χ1) is 20.4. The molecule has 2 saturated heterocycles. The highest BCUT2D eigenvalue weighted by Gasteiger charge is 2.60. The van der Waals surface area contributed by atoms with Crippen LogP contribution in [0, 0.1) is 17.8 Å². The number of amides is 1. The van der Waals surface area contributed by atoms with Crippen LogP contribution in [-0.4, -0.2) is 69.1 Å². The van der Waals surface area contributed by atoms with Crippen molar-refractivity contribution in [3.05, 3.63) is 36.0 Å². The molecule has 244 valence electrons. The molecule has 0 radical (unpaired) electrons. The molecule has 0 aromatic rings. The predicted molar refractivity (Wildman–Crippen MR) is 172 cm³/mol. The Hall–Kier alpha value is -1.83. The lowest BCUT2D eigenvalue weighted by atomic mass is 9.86. The number of unbranched alkanes of at least 4 members (excludes halogenated alkanes) is 1. The fourth-order valence-corrected chi connectivity index (χ4v) is 6.95. The zero-order valence-corrected chi connectivity index (χ0v) is 27.8. The van der Waals surface area contributed by atoms with Crippen LogP contribution in [0.15, 0.2) is 36.0 Å². The number of epoxide rings is 1. The summed E-state index contributed by atoms with van der Waals surface area (Å²) in [6.45, 7) is 11.4. The Morgan fingerprint density at radius 3 is 2.58 bits per heavy atom. The first kappa shape index (κ1) is 35.6. The molecule has 7 atom stereocenters. The highest BCUT2D eigenvalue weighted by molar-refractivity contribution is 6.20. The normalized spacial score (nSPS) is 31.9. The van der Waals surface area contributed by atoms with Crippen LogP contribution in [0.1, 0.15) is 112 Å². The van der Waals surface area contributed by atoms with Gasteiger partial charge in [-0.3, -0.25) is 9.69 Å². The molecule has 3 aliphatic rings. The van der Waals surface area contributed by atoms with E-state index in [1.165, 1.54) is 5.57 Å². The topological polar surface area (TPSA) is 99.6 Å². The number of ether oxygens (including phenoxy) is 2. The van der Waals surface area contributed by atoms with Crippen LogP contribution < -0.4 is 0 Å². The third kappa shape index (κ3) is 11.6. The summed E-state index contributed by atoms with van der Waals surface area (Å²) in [6, 6.07) is -0.130. The molecule has 8 heteroatoms. The average Bonchev–Trinajstić information content (AvgIpc) is 3.64. The van der Waals surface area contributed by atoms with Gasteiger partial charge in [-0.1, -0.05) is 63.5 Å². The lowest BCUT2D eigenvalue weighted by molar-refractivity contribution is -0.139. The first-order valence-corrected chi connectivity index (χ1v) is 17.1. The van der Waals surface area contributed by atoms with E-state index in [2.05, 4.69) is 45.9 Å². The molecular formula is C35H56ClNO6. The molecule has 2 N–H and O–H groups in total. The molecule has 3 fully saturated rings. The van der Waals surface area contributed by atoms with Gasteiger partial charge in [0.25, 0.3) is 0 Å². The van der Waals surface area contributed by atoms with Gasteiger partial charge in [0.1, 0.15) is 12.1 Å². The lowest BCUT2D eigenvalue weighted by Crippen LogP contribution is -2.48. The Balaban J connectivity index is 1.55. The van der Waals surface area contributed by atoms with Crippen molar-refractivity contribution in [2.75, 3.05) is 6.54 Å². The number of rotatable bonds is 18. The minimum absolute atomic E-state index is 0.00933. The van der Waals surface area contributed by atoms with Gasteiger partial charge >= 0.3 is 12.1 Å². The average molecular weight is 622 g/mol. The van der Waals surface area contributed by atoms with Gasteiger partial charge in [-0.15, -0.1) is 11.6 Å². The van der Waals surface area contributed by atoms with Gasteiger partial charge in [-0.2, -0.15) is 0 Å². The van der Waals surface area contributed by atoms with Crippen molar-refractivity contribution in [2.24, 2.45) is 17.8 Å². The summed E-state index contributed by atoms with van der Waals surface area (Å²) in [4.78, 5) is 25.9. The van der Waals surface area contributed by atoms with Crippen LogP contribution in [-0.2, 0) is 14.3 Å². The number of halogens is 1. The second-order valence-corrected chi connectivity index (χ2v) is 14.3. The van der Waals surface area contributed by atoms with Crippen LogP contribution in [0.5, 0.6) is 0 Å². The van der Waals surface area contributed by atoms with E-state index in [0.717, 1.165) is 64.2 Å². The van der Waals surface area contributed by atoms with Crippen molar-refractivity contribution in [2.45, 2.75) is 147 Å². The Bertz CT molecular complexity index is 989. The fraction of sp³-hybridized carbons (Fsp3) is 0.771. The third-order valence-electron chi connectivity index (χ3n) is 9.33. The molecule has 1 saturated carbocycles. The number of carboxylic acid groups (broad SMARTS) is 1. The van der Waals surface area contributed by atoms with Gasteiger partial charge in [-0.05, 0) is 95.5 Å². The minimum atomic E-state index is -0.958. The molecular weight excluding hydrogens is 566 g/mol. The first-order valence-electron chi connectivity index (χ1n) is 16.6. The van der Waals surface area contributed by atoms with Crippen LogP contribution >= 0.6 is 11.6 Å². The number of aliphatic hydroxyl groups is 1. The van der Waals surface area contributed by atoms with Crippen LogP contribution in [0.3, 0.4) is 0 Å². The van der Waals surface area contributed by atoms with E-state index in [9.17, 15) is 14.7 Å². The fourth-order valence-electron chi connectivity index (χ4n) is 6.70. The molecule has 0 bridgehead atoms. The van der Waals surface area contributed by atoms with E-state index in [4.69, 9.17) is 26.2 Å². The van der Waals surface area contributed by atoms with Gasteiger partial charge in [0.05, 0.1) is 18.6 Å². The van der Waals surface area contributed by atoms with Crippen molar-refractivity contribution in [3.63, 3.8) is 0 Å². The van der Waals surface area contributed by atoms with Crippen LogP contribution in [0.2, 0.25) is 0 Å². The van der Waals surface area contributed by atoms with Crippen LogP contribution in [0.25, 0.3) is 0 Å². The van der Waals surface area contributed by atoms with Gasteiger partial charge in [0, 0.05) is 11.9 Å². The summed E-state index contributed by atoms with van der Waals surface area (Å²) in [5.74, 6) is 0.259. The number of alkyl halides is 1. The molecule has 3 unspecified atom stereocenters. The summed E-state index contributed by atoms with van der Waals surface area (Å²) in [5, 5.41) is 18.8. The number of allylic oxidation sites excluding steroid dienone is 5. The predicted octanol–water partition coefficient (Wildman–Crippen LogP) is 8.05. The second kappa shape index (κ2) is 17.0. The Morgan fingerprint density at radius 2 is 1.91 bits per heavy atom. The number of carbonyl (C=O) groups is 2. The molecule has 2 aliphatic heterocycles. The van der Waals surface area contributed by atoms with E-state index in [1.54, 1.807) is 0 Å². The number of hydrogen-bond acceptors (Lipinski definition) is 5. The van der Waals surface area contributed by atoms with Gasteiger partial charge < -0.3 is 19.7 Å². The summed E-state index contributed by atoms with van der Waals surface area (Å²) in [6.07, 6.45) is 20.2. The standard InChI is InChI=1S/C35H56ClNO6/c1-6-7-13-30-32(42-30)33-35(5,43-34(41)37(33)23-27-15-17-28(36)18-16-27)20-9-12-26(4)21-25(3)11-8-10-24(2)14-19-29(38)22-31(39)40/h8-9,11-12,20,24-25,27-30,32-33,38H,6-7,10,13-19,21-23H2,1-5H3,(H,39,40)/b11-8+,20-9+,26-12+/t24?,25-,27?,28?,29+,30+,32-,33?,35?/m0/s1. The summed E-state index contributed by atoms with van der Waals surface area (Å²) in [7, 11) is 0. The number of aliphatic carboxylic acids is 1. The molecule has 43 heavy (non-hydrogen) atoms. The van der Waals surface area contributed by atoms with E-state index >= 15 is 0 Å². The molecule has 0 aromatic heterocycles. The van der Waals surface area contributed by atoms with E-state index < -0.39 is 17.7 Å². The van der Waals surface area contributed by atoms with Crippen molar-refractivity contribution < 1.29 is 29.3 Å². The summed E-state index contributed by atoms with van der Waals surface area (Å²) >= 11 is 6.35. The minimum Gasteiger partial charge on any atom is -0.481 e. The molecule has 7 nitrogen and oxygen atoms in total. The monoisotopic (exact) mass is 621 g/mol. The van der Waals surface area contributed by atoms with Gasteiger partial charge in [-0.25, -0.2) is 4.79 Å². The SMILES string of the molecule is CCCC[C@H]1O[C@@H]1C1N(CC2CCC(Cl)CC2)C(=O)OC1(C)/C=C/C=C(\C)C[C@@H](C)/C=C/CC(C)CC[C@@H](O)CC(=O)O. The summed E-state index contributed by atoms with van der Waals surface area (Å²) < 4.78 is 12.3. The van der Waals surface area contributed by atoms with E-state index in [0.29, 0.717) is 30.7 Å². The maximum absolute atomic E-state index is 13.2. The third-order valence-corrected chi connectivity index (χ3v) is 9.77. The molecule has 1 aliphatic carbocycles. The van der Waals surface area contributed by atoms with Crippen molar-refractivity contribution in [1.82, 2.24) is 4.90 Å². The molecule has 3 rings (SSSR count). The highest BCUT2D eigenvalue weighted by Crippen LogP contribution is 2.44. The number of carbonyl (C=O) groups excluding carboxylic acids is 1. The number of nitrogens with zero attached hydrogens (tertiary/aromatic N) is 1. The molecule has 0 aromatic carbocycles. The van der Waals surface area contributed by atoms with Crippen LogP contribution in [0.4, 0.5) is 4.79 Å². The van der Waals surface area contributed by atoms with Crippen molar-refractivity contribution in [3.8, 4) is 0 Å². The van der Waals surface area contributed by atoms with E-state index in [1.807, 2.05) is 24.0 Å². The quantitative estimate of drug-likeness (QED) is 0.0695. The second-order valence-electron chi connectivity index (χ2n) is 13.7. The lowest BCUT2D eigenvalue weighted by Gasteiger charge is -2.33. The van der Waals surface area contributed by atoms with Crippen molar-refractivity contribution in [1.29, 1.82) is 0 Å². The summed E-state index contributed by atoms with van der Waals surface area (Å²) in [5.41, 5.74) is 0.504. The number of hydrogen-bond donors (Lipinski definition) is 2. The Labute approximate surface area is 264 Å². The van der Waals surface area contributed by atoms with Gasteiger partial charge in [0.2, 0.25) is 0 Å².